The molecule has 2 aliphatic heterocycles. The van der Waals surface area contributed by atoms with E-state index in [0.717, 1.165) is 38.5 Å². The average Bonchev–Trinajstić information content (AvgIpc) is 2.44. The van der Waals surface area contributed by atoms with Crippen LogP contribution < -0.4 is 4.74 Å². The molecule has 4 nitrogen and oxygen atoms in total. The molecule has 0 atom stereocenters. The van der Waals surface area contributed by atoms with Crippen LogP contribution in [0.2, 0.25) is 0 Å². The fourth-order valence-electron chi connectivity index (χ4n) is 2.97. The molecule has 116 valence electrons. The van der Waals surface area contributed by atoms with Crippen LogP contribution >= 0.6 is 0 Å². The Balaban J connectivity index is 1.29. The quantitative estimate of drug-likeness (QED) is 0.746. The first-order chi connectivity index (χ1) is 10.3. The summed E-state index contributed by atoms with van der Waals surface area (Å²) in [6, 6.07) is 8.97. The summed E-state index contributed by atoms with van der Waals surface area (Å²) in [6.45, 7) is 10.6. The van der Waals surface area contributed by atoms with Gasteiger partial charge in [0.05, 0.1) is 25.9 Å². The molecule has 0 spiro atoms. The second kappa shape index (κ2) is 7.25. The van der Waals surface area contributed by atoms with Crippen molar-refractivity contribution in [2.75, 3.05) is 52.5 Å². The standard InChI is InChI=1S/C17H26N2O2/c1-15-4-2-5-17(12-15)21-11-3-6-18-7-9-19(10-8-18)16-13-20-14-16/h2,4-5,12,16H,3,6-11,13-14H2,1H3. The number of nitrogens with zero attached hydrogens (tertiary/aromatic N) is 2. The third kappa shape index (κ3) is 4.19. The molecule has 0 amide bonds. The highest BCUT2D eigenvalue weighted by molar-refractivity contribution is 5.27. The van der Waals surface area contributed by atoms with Gasteiger partial charge in [0.1, 0.15) is 5.75 Å². The lowest BCUT2D eigenvalue weighted by Gasteiger charge is -2.42. The molecule has 1 aromatic rings. The molecule has 0 aliphatic carbocycles. The normalized spacial score (nSPS) is 21.2. The van der Waals surface area contributed by atoms with Gasteiger partial charge in [0, 0.05) is 32.7 Å². The molecule has 21 heavy (non-hydrogen) atoms. The Morgan fingerprint density at radius 1 is 1.19 bits per heavy atom. The van der Waals surface area contributed by atoms with E-state index in [1.807, 2.05) is 12.1 Å². The van der Waals surface area contributed by atoms with Gasteiger partial charge in [0.2, 0.25) is 0 Å². The van der Waals surface area contributed by atoms with E-state index in [2.05, 4.69) is 28.9 Å². The van der Waals surface area contributed by atoms with Crippen molar-refractivity contribution in [3.63, 3.8) is 0 Å². The van der Waals surface area contributed by atoms with Crippen LogP contribution in [0.1, 0.15) is 12.0 Å². The predicted molar refractivity (Wildman–Crippen MR) is 83.9 cm³/mol. The Labute approximate surface area is 127 Å². The van der Waals surface area contributed by atoms with E-state index in [9.17, 15) is 0 Å². The lowest BCUT2D eigenvalue weighted by Crippen LogP contribution is -2.56. The van der Waals surface area contributed by atoms with E-state index in [-0.39, 0.29) is 0 Å². The first kappa shape index (κ1) is 14.8. The zero-order valence-electron chi connectivity index (χ0n) is 13.0. The third-order valence-electron chi connectivity index (χ3n) is 4.42. The fourth-order valence-corrected chi connectivity index (χ4v) is 2.97. The van der Waals surface area contributed by atoms with Crippen LogP contribution in [0.15, 0.2) is 24.3 Å². The Kier molecular flexibility index (Phi) is 5.12. The summed E-state index contributed by atoms with van der Waals surface area (Å²) in [5.41, 5.74) is 1.25. The van der Waals surface area contributed by atoms with Gasteiger partial charge < -0.3 is 14.4 Å². The zero-order chi connectivity index (χ0) is 14.5. The molecule has 0 radical (unpaired) electrons. The molecular formula is C17H26N2O2. The van der Waals surface area contributed by atoms with E-state index >= 15 is 0 Å². The molecule has 4 heteroatoms. The van der Waals surface area contributed by atoms with Crippen molar-refractivity contribution in [3.05, 3.63) is 29.8 Å². The minimum absolute atomic E-state index is 0.691. The molecule has 0 unspecified atom stereocenters. The summed E-state index contributed by atoms with van der Waals surface area (Å²) in [5, 5.41) is 0. The maximum Gasteiger partial charge on any atom is 0.119 e. The molecule has 1 aromatic carbocycles. The molecule has 2 fully saturated rings. The monoisotopic (exact) mass is 290 g/mol. The highest BCUT2D eigenvalue weighted by Gasteiger charge is 2.28. The molecule has 0 saturated carbocycles. The van der Waals surface area contributed by atoms with Crippen LogP contribution in [0.3, 0.4) is 0 Å². The van der Waals surface area contributed by atoms with Crippen LogP contribution in [-0.4, -0.2) is 68.4 Å². The fraction of sp³-hybridized carbons (Fsp3) is 0.647. The van der Waals surface area contributed by atoms with Crippen molar-refractivity contribution in [1.82, 2.24) is 9.80 Å². The SMILES string of the molecule is Cc1cccc(OCCCN2CCN(C3COC3)CC2)c1. The average molecular weight is 290 g/mol. The van der Waals surface area contributed by atoms with Crippen molar-refractivity contribution < 1.29 is 9.47 Å². The maximum absolute atomic E-state index is 5.81. The van der Waals surface area contributed by atoms with Crippen LogP contribution in [0.4, 0.5) is 0 Å². The van der Waals surface area contributed by atoms with E-state index in [0.29, 0.717) is 6.04 Å². The van der Waals surface area contributed by atoms with Gasteiger partial charge in [-0.2, -0.15) is 0 Å². The smallest absolute Gasteiger partial charge is 0.119 e. The van der Waals surface area contributed by atoms with Gasteiger partial charge in [-0.15, -0.1) is 0 Å². The van der Waals surface area contributed by atoms with Crippen molar-refractivity contribution in [3.8, 4) is 5.75 Å². The number of ether oxygens (including phenoxy) is 2. The predicted octanol–water partition coefficient (Wildman–Crippen LogP) is 1.78. The Bertz CT molecular complexity index is 440. The van der Waals surface area contributed by atoms with E-state index in [4.69, 9.17) is 9.47 Å². The van der Waals surface area contributed by atoms with E-state index in [1.165, 1.54) is 31.7 Å². The van der Waals surface area contributed by atoms with Gasteiger partial charge in [-0.1, -0.05) is 12.1 Å². The molecule has 2 heterocycles. The van der Waals surface area contributed by atoms with Gasteiger partial charge in [-0.05, 0) is 31.0 Å². The first-order valence-corrected chi connectivity index (χ1v) is 8.05. The van der Waals surface area contributed by atoms with Gasteiger partial charge in [-0.3, -0.25) is 4.90 Å². The Morgan fingerprint density at radius 3 is 2.67 bits per heavy atom. The summed E-state index contributed by atoms with van der Waals surface area (Å²) in [5.74, 6) is 0.991. The van der Waals surface area contributed by atoms with Gasteiger partial charge in [-0.25, -0.2) is 0 Å². The van der Waals surface area contributed by atoms with E-state index < -0.39 is 0 Å². The van der Waals surface area contributed by atoms with Crippen molar-refractivity contribution >= 4 is 0 Å². The molecule has 0 aromatic heterocycles. The summed E-state index contributed by atoms with van der Waals surface area (Å²) < 4.78 is 11.1. The Morgan fingerprint density at radius 2 is 2.00 bits per heavy atom. The first-order valence-electron chi connectivity index (χ1n) is 8.05. The lowest BCUT2D eigenvalue weighted by molar-refractivity contribution is -0.0769. The minimum Gasteiger partial charge on any atom is -0.494 e. The third-order valence-corrected chi connectivity index (χ3v) is 4.42. The molecule has 0 bridgehead atoms. The number of piperazine rings is 1. The second-order valence-corrected chi connectivity index (χ2v) is 6.09. The van der Waals surface area contributed by atoms with Crippen molar-refractivity contribution in [2.24, 2.45) is 0 Å². The van der Waals surface area contributed by atoms with Crippen LogP contribution in [0.5, 0.6) is 5.75 Å². The largest absolute Gasteiger partial charge is 0.494 e. The van der Waals surface area contributed by atoms with Crippen molar-refractivity contribution in [1.29, 1.82) is 0 Å². The number of hydrogen-bond acceptors (Lipinski definition) is 4. The highest BCUT2D eigenvalue weighted by Crippen LogP contribution is 2.14. The summed E-state index contributed by atoms with van der Waals surface area (Å²) in [7, 11) is 0. The Hall–Kier alpha value is -1.10. The van der Waals surface area contributed by atoms with Crippen LogP contribution in [0, 0.1) is 6.92 Å². The number of benzene rings is 1. The second-order valence-electron chi connectivity index (χ2n) is 6.09. The van der Waals surface area contributed by atoms with Crippen LogP contribution in [0.25, 0.3) is 0 Å². The van der Waals surface area contributed by atoms with Crippen LogP contribution in [-0.2, 0) is 4.74 Å². The molecule has 2 saturated heterocycles. The molecule has 3 rings (SSSR count). The lowest BCUT2D eigenvalue weighted by atomic mass is 10.2. The summed E-state index contributed by atoms with van der Waals surface area (Å²) in [4.78, 5) is 5.12. The zero-order valence-corrected chi connectivity index (χ0v) is 13.0. The maximum atomic E-state index is 5.81. The van der Waals surface area contributed by atoms with Crippen molar-refractivity contribution in [2.45, 2.75) is 19.4 Å². The number of aryl methyl sites for hydroxylation is 1. The number of hydrogen-bond donors (Lipinski definition) is 0. The van der Waals surface area contributed by atoms with Gasteiger partial charge >= 0.3 is 0 Å². The summed E-state index contributed by atoms with van der Waals surface area (Å²) in [6.07, 6.45) is 1.10. The van der Waals surface area contributed by atoms with E-state index in [1.54, 1.807) is 0 Å². The summed E-state index contributed by atoms with van der Waals surface area (Å²) >= 11 is 0. The minimum atomic E-state index is 0.691. The van der Waals surface area contributed by atoms with Gasteiger partial charge in [0.25, 0.3) is 0 Å². The topological polar surface area (TPSA) is 24.9 Å². The number of rotatable bonds is 6. The van der Waals surface area contributed by atoms with Gasteiger partial charge in [0.15, 0.2) is 0 Å². The molecule has 2 aliphatic rings. The molecule has 0 N–H and O–H groups in total. The highest BCUT2D eigenvalue weighted by atomic mass is 16.5. The molecular weight excluding hydrogens is 264 g/mol.